The molecule has 0 fully saturated rings. The Hall–Kier alpha value is -3.17. The molecule has 0 aliphatic carbocycles. The number of benzene rings is 2. The Bertz CT molecular complexity index is 1280. The van der Waals surface area contributed by atoms with E-state index in [-0.39, 0.29) is 10.1 Å². The minimum atomic E-state index is -3.61. The molecule has 2 aromatic carbocycles. The minimum Gasteiger partial charge on any atom is -0.350 e. The van der Waals surface area contributed by atoms with E-state index in [1.807, 2.05) is 31.2 Å². The molecule has 2 aromatic heterocycles. The lowest BCUT2D eigenvalue weighted by Gasteiger charge is -2.10. The number of aromatic nitrogens is 2. The van der Waals surface area contributed by atoms with Gasteiger partial charge in [0.1, 0.15) is 10.0 Å². The van der Waals surface area contributed by atoms with Gasteiger partial charge in [-0.25, -0.2) is 13.4 Å². The van der Waals surface area contributed by atoms with E-state index in [0.29, 0.717) is 24.3 Å². The molecule has 0 aliphatic heterocycles. The zero-order chi connectivity index (χ0) is 21.1. The van der Waals surface area contributed by atoms with Gasteiger partial charge in [0.05, 0.1) is 11.0 Å². The second-order valence-electron chi connectivity index (χ2n) is 6.67. The third-order valence-electron chi connectivity index (χ3n) is 4.63. The van der Waals surface area contributed by atoms with Crippen LogP contribution in [0.2, 0.25) is 0 Å². The first-order valence-electron chi connectivity index (χ1n) is 9.30. The van der Waals surface area contributed by atoms with E-state index < -0.39 is 10.0 Å². The van der Waals surface area contributed by atoms with Crippen LogP contribution in [0.25, 0.3) is 11.0 Å². The summed E-state index contributed by atoms with van der Waals surface area (Å²) in [4.78, 5) is 17.0. The van der Waals surface area contributed by atoms with E-state index in [2.05, 4.69) is 19.6 Å². The summed E-state index contributed by atoms with van der Waals surface area (Å²) in [5.41, 5.74) is 2.83. The number of hydrogen-bond acceptors (Lipinski definition) is 5. The van der Waals surface area contributed by atoms with Crippen molar-refractivity contribution in [1.29, 1.82) is 0 Å². The molecule has 2 N–H and O–H groups in total. The van der Waals surface area contributed by atoms with Crippen molar-refractivity contribution in [2.75, 3.05) is 11.3 Å². The standard InChI is InChI=1S/C21H20N4O3S2/c1-15-23-18-5-2-3-6-19(18)25(15)13-12-22-21(26)16-8-10-17(11-9-16)24-30(27,28)20-7-4-14-29-20/h2-11,14,24H,12-13H2,1H3,(H,22,26). The minimum absolute atomic E-state index is 0.218. The van der Waals surface area contributed by atoms with Crippen LogP contribution < -0.4 is 10.0 Å². The Balaban J connectivity index is 1.36. The van der Waals surface area contributed by atoms with Crippen LogP contribution >= 0.6 is 11.3 Å². The van der Waals surface area contributed by atoms with Crippen molar-refractivity contribution in [2.45, 2.75) is 17.7 Å². The summed E-state index contributed by atoms with van der Waals surface area (Å²) in [5, 5.41) is 4.60. The van der Waals surface area contributed by atoms with Crippen LogP contribution in [0.15, 0.2) is 70.3 Å². The van der Waals surface area contributed by atoms with Crippen molar-refractivity contribution in [1.82, 2.24) is 14.9 Å². The van der Waals surface area contributed by atoms with E-state index >= 15 is 0 Å². The van der Waals surface area contributed by atoms with Crippen molar-refractivity contribution >= 4 is 44.0 Å². The lowest BCUT2D eigenvalue weighted by molar-refractivity contribution is 0.0952. The molecule has 0 saturated heterocycles. The summed E-state index contributed by atoms with van der Waals surface area (Å²) < 4.78 is 29.4. The number of imidazole rings is 1. The lowest BCUT2D eigenvalue weighted by atomic mass is 10.2. The molecule has 4 aromatic rings. The summed E-state index contributed by atoms with van der Waals surface area (Å²) in [6, 6.07) is 17.5. The van der Waals surface area contributed by atoms with Crippen molar-refractivity contribution in [3.05, 3.63) is 77.4 Å². The number of aryl methyl sites for hydroxylation is 1. The SMILES string of the molecule is Cc1nc2ccccc2n1CCNC(=O)c1ccc(NS(=O)(=O)c2cccs2)cc1. The maximum absolute atomic E-state index is 12.4. The highest BCUT2D eigenvalue weighted by Gasteiger charge is 2.15. The van der Waals surface area contributed by atoms with Crippen molar-refractivity contribution in [2.24, 2.45) is 0 Å². The van der Waals surface area contributed by atoms with Crippen LogP contribution in [0.3, 0.4) is 0 Å². The van der Waals surface area contributed by atoms with Crippen molar-refractivity contribution < 1.29 is 13.2 Å². The number of fused-ring (bicyclic) bond motifs is 1. The van der Waals surface area contributed by atoms with E-state index in [9.17, 15) is 13.2 Å². The molecule has 7 nitrogen and oxygen atoms in total. The van der Waals surface area contributed by atoms with E-state index in [1.165, 1.54) is 0 Å². The fourth-order valence-corrected chi connectivity index (χ4v) is 5.22. The molecule has 2 heterocycles. The first-order chi connectivity index (χ1) is 14.4. The first kappa shape index (κ1) is 20.1. The van der Waals surface area contributed by atoms with Crippen LogP contribution in [0.5, 0.6) is 0 Å². The second-order valence-corrected chi connectivity index (χ2v) is 9.53. The van der Waals surface area contributed by atoms with Crippen LogP contribution in [0.1, 0.15) is 16.2 Å². The number of hydrogen-bond donors (Lipinski definition) is 2. The van der Waals surface area contributed by atoms with Gasteiger partial charge in [0.25, 0.3) is 15.9 Å². The Morgan fingerprint density at radius 1 is 1.07 bits per heavy atom. The van der Waals surface area contributed by atoms with Crippen LogP contribution in [-0.2, 0) is 16.6 Å². The number of nitrogens with zero attached hydrogens (tertiary/aromatic N) is 2. The highest BCUT2D eigenvalue weighted by atomic mass is 32.2. The topological polar surface area (TPSA) is 93.1 Å². The molecule has 0 saturated carbocycles. The fraction of sp³-hybridized carbons (Fsp3) is 0.143. The Morgan fingerprint density at radius 2 is 1.83 bits per heavy atom. The van der Waals surface area contributed by atoms with E-state index in [1.54, 1.807) is 41.8 Å². The molecular weight excluding hydrogens is 420 g/mol. The number of carbonyl (C=O) groups excluding carboxylic acids is 1. The summed E-state index contributed by atoms with van der Waals surface area (Å²) >= 11 is 1.15. The molecule has 0 atom stereocenters. The van der Waals surface area contributed by atoms with Gasteiger partial charge in [0, 0.05) is 24.3 Å². The van der Waals surface area contributed by atoms with Crippen LogP contribution in [0, 0.1) is 6.92 Å². The quantitative estimate of drug-likeness (QED) is 0.459. The fourth-order valence-electron chi connectivity index (χ4n) is 3.17. The highest BCUT2D eigenvalue weighted by Crippen LogP contribution is 2.20. The van der Waals surface area contributed by atoms with Crippen LogP contribution in [-0.4, -0.2) is 30.4 Å². The molecule has 30 heavy (non-hydrogen) atoms. The number of sulfonamides is 1. The summed E-state index contributed by atoms with van der Waals surface area (Å²) in [6.45, 7) is 3.00. The average Bonchev–Trinajstić information content (AvgIpc) is 3.37. The molecule has 0 radical (unpaired) electrons. The number of para-hydroxylation sites is 2. The average molecular weight is 441 g/mol. The molecule has 0 bridgehead atoms. The molecule has 1 amide bonds. The van der Waals surface area contributed by atoms with Crippen molar-refractivity contribution in [3.63, 3.8) is 0 Å². The van der Waals surface area contributed by atoms with Gasteiger partial charge >= 0.3 is 0 Å². The normalized spacial score (nSPS) is 11.5. The van der Waals surface area contributed by atoms with Gasteiger partial charge in [-0.2, -0.15) is 0 Å². The Labute approximate surface area is 178 Å². The van der Waals surface area contributed by atoms with Gasteiger partial charge in [0.15, 0.2) is 0 Å². The van der Waals surface area contributed by atoms with Crippen molar-refractivity contribution in [3.8, 4) is 0 Å². The predicted octanol–water partition coefficient (Wildman–Crippen LogP) is 3.64. The second kappa shape index (κ2) is 8.29. The molecule has 0 unspecified atom stereocenters. The van der Waals surface area contributed by atoms with Gasteiger partial charge in [-0.1, -0.05) is 18.2 Å². The molecule has 4 rings (SSSR count). The number of anilines is 1. The first-order valence-corrected chi connectivity index (χ1v) is 11.7. The van der Waals surface area contributed by atoms with Gasteiger partial charge in [-0.3, -0.25) is 9.52 Å². The lowest BCUT2D eigenvalue weighted by Crippen LogP contribution is -2.27. The smallest absolute Gasteiger partial charge is 0.271 e. The number of amides is 1. The number of nitrogens with one attached hydrogen (secondary N) is 2. The van der Waals surface area contributed by atoms with Gasteiger partial charge in [0.2, 0.25) is 0 Å². The molecule has 0 aliphatic rings. The number of rotatable bonds is 7. The van der Waals surface area contributed by atoms with E-state index in [4.69, 9.17) is 0 Å². The van der Waals surface area contributed by atoms with Gasteiger partial charge < -0.3 is 9.88 Å². The van der Waals surface area contributed by atoms with E-state index in [0.717, 1.165) is 28.2 Å². The van der Waals surface area contributed by atoms with Crippen LogP contribution in [0.4, 0.5) is 5.69 Å². The monoisotopic (exact) mass is 440 g/mol. The zero-order valence-electron chi connectivity index (χ0n) is 16.2. The highest BCUT2D eigenvalue weighted by molar-refractivity contribution is 7.94. The summed E-state index contributed by atoms with van der Waals surface area (Å²) in [5.74, 6) is 0.678. The Kier molecular flexibility index (Phi) is 5.56. The largest absolute Gasteiger partial charge is 0.350 e. The zero-order valence-corrected chi connectivity index (χ0v) is 17.8. The maximum Gasteiger partial charge on any atom is 0.271 e. The maximum atomic E-state index is 12.4. The third kappa shape index (κ3) is 4.22. The molecule has 9 heteroatoms. The van der Waals surface area contributed by atoms with Gasteiger partial charge in [-0.15, -0.1) is 11.3 Å². The number of carbonyl (C=O) groups is 1. The third-order valence-corrected chi connectivity index (χ3v) is 7.40. The molecule has 154 valence electrons. The number of thiophene rings is 1. The Morgan fingerprint density at radius 3 is 2.57 bits per heavy atom. The summed E-state index contributed by atoms with van der Waals surface area (Å²) in [6.07, 6.45) is 0. The molecular formula is C21H20N4O3S2. The van der Waals surface area contributed by atoms with Gasteiger partial charge in [-0.05, 0) is 54.8 Å². The summed E-state index contributed by atoms with van der Waals surface area (Å²) in [7, 11) is -3.61. The predicted molar refractivity (Wildman–Crippen MR) is 118 cm³/mol. The molecule has 0 spiro atoms.